The maximum Gasteiger partial charge on any atom is 0.323 e. The van der Waals surface area contributed by atoms with Gasteiger partial charge in [0.2, 0.25) is 0 Å². The molecule has 2 aromatic rings. The standard InChI is InChI=1S/C13H15N3O2S/c1-8-4-5-9-10(7-8)19-13(14-9)16-12(17)15-11-3-2-6-18-11/h4-5,7,11H,2-3,6H2,1H3,(H2,14,15,16,17). The summed E-state index contributed by atoms with van der Waals surface area (Å²) >= 11 is 1.47. The van der Waals surface area contributed by atoms with Gasteiger partial charge in [0.25, 0.3) is 0 Å². The second-order valence-corrected chi connectivity index (χ2v) is 5.62. The van der Waals surface area contributed by atoms with Crippen LogP contribution in [0.4, 0.5) is 9.93 Å². The van der Waals surface area contributed by atoms with Crippen LogP contribution in [0.25, 0.3) is 10.2 Å². The zero-order chi connectivity index (χ0) is 13.2. The maximum absolute atomic E-state index is 11.8. The lowest BCUT2D eigenvalue weighted by molar-refractivity contribution is 0.0928. The number of nitrogens with one attached hydrogen (secondary N) is 2. The number of urea groups is 1. The Morgan fingerprint density at radius 1 is 1.53 bits per heavy atom. The van der Waals surface area contributed by atoms with E-state index >= 15 is 0 Å². The summed E-state index contributed by atoms with van der Waals surface area (Å²) in [5.41, 5.74) is 2.09. The molecule has 1 aliphatic rings. The van der Waals surface area contributed by atoms with Crippen molar-refractivity contribution in [3.8, 4) is 0 Å². The van der Waals surface area contributed by atoms with Gasteiger partial charge in [-0.15, -0.1) is 0 Å². The number of ether oxygens (including phenoxy) is 1. The van der Waals surface area contributed by atoms with E-state index in [0.29, 0.717) is 11.7 Å². The van der Waals surface area contributed by atoms with E-state index < -0.39 is 0 Å². The van der Waals surface area contributed by atoms with Crippen molar-refractivity contribution in [3.05, 3.63) is 23.8 Å². The first-order valence-electron chi connectivity index (χ1n) is 6.27. The van der Waals surface area contributed by atoms with Crippen LogP contribution in [0, 0.1) is 6.92 Å². The minimum Gasteiger partial charge on any atom is -0.358 e. The van der Waals surface area contributed by atoms with E-state index in [1.165, 1.54) is 16.9 Å². The largest absolute Gasteiger partial charge is 0.358 e. The number of rotatable bonds is 2. The molecule has 19 heavy (non-hydrogen) atoms. The highest BCUT2D eigenvalue weighted by molar-refractivity contribution is 7.22. The van der Waals surface area contributed by atoms with E-state index in [9.17, 15) is 4.79 Å². The predicted octanol–water partition coefficient (Wildman–Crippen LogP) is 2.86. The third-order valence-electron chi connectivity index (χ3n) is 2.99. The van der Waals surface area contributed by atoms with Gasteiger partial charge in [0, 0.05) is 6.61 Å². The summed E-state index contributed by atoms with van der Waals surface area (Å²) in [6.07, 6.45) is 1.69. The van der Waals surface area contributed by atoms with Crippen LogP contribution in [-0.2, 0) is 4.74 Å². The molecule has 2 heterocycles. The second kappa shape index (κ2) is 5.14. The molecule has 1 aromatic heterocycles. The van der Waals surface area contributed by atoms with Crippen molar-refractivity contribution in [1.82, 2.24) is 10.3 Å². The topological polar surface area (TPSA) is 63.2 Å². The summed E-state index contributed by atoms with van der Waals surface area (Å²) in [6, 6.07) is 5.78. The number of fused-ring (bicyclic) bond motifs is 1. The Hall–Kier alpha value is -1.66. The summed E-state index contributed by atoms with van der Waals surface area (Å²) in [5.74, 6) is 0. The first kappa shape index (κ1) is 12.4. The van der Waals surface area contributed by atoms with E-state index in [0.717, 1.165) is 23.1 Å². The third kappa shape index (κ3) is 2.85. The third-order valence-corrected chi connectivity index (χ3v) is 3.92. The highest BCUT2D eigenvalue weighted by Crippen LogP contribution is 2.26. The zero-order valence-electron chi connectivity index (χ0n) is 10.6. The first-order valence-corrected chi connectivity index (χ1v) is 7.09. The highest BCUT2D eigenvalue weighted by Gasteiger charge is 2.18. The van der Waals surface area contributed by atoms with Crippen LogP contribution in [0.3, 0.4) is 0 Å². The number of nitrogens with zero attached hydrogens (tertiary/aromatic N) is 1. The van der Waals surface area contributed by atoms with Crippen LogP contribution in [0.15, 0.2) is 18.2 Å². The molecule has 0 bridgehead atoms. The molecule has 5 nitrogen and oxygen atoms in total. The maximum atomic E-state index is 11.8. The lowest BCUT2D eigenvalue weighted by Crippen LogP contribution is -2.37. The van der Waals surface area contributed by atoms with Gasteiger partial charge in [-0.3, -0.25) is 5.32 Å². The Bertz CT molecular complexity index is 605. The van der Waals surface area contributed by atoms with Crippen LogP contribution in [0.5, 0.6) is 0 Å². The van der Waals surface area contributed by atoms with Crippen molar-refractivity contribution in [1.29, 1.82) is 0 Å². The Morgan fingerprint density at radius 2 is 2.42 bits per heavy atom. The van der Waals surface area contributed by atoms with E-state index in [1.807, 2.05) is 19.1 Å². The SMILES string of the molecule is Cc1ccc2nc(NC(=O)NC3CCCO3)sc2c1. The molecule has 0 saturated carbocycles. The fourth-order valence-electron chi connectivity index (χ4n) is 2.06. The van der Waals surface area contributed by atoms with Crippen LogP contribution in [0.1, 0.15) is 18.4 Å². The summed E-state index contributed by atoms with van der Waals surface area (Å²) < 4.78 is 6.42. The van der Waals surface area contributed by atoms with Crippen LogP contribution in [0.2, 0.25) is 0 Å². The van der Waals surface area contributed by atoms with Gasteiger partial charge < -0.3 is 10.1 Å². The number of hydrogen-bond acceptors (Lipinski definition) is 4. The smallest absolute Gasteiger partial charge is 0.323 e. The molecule has 6 heteroatoms. The number of benzene rings is 1. The molecule has 1 atom stereocenters. The normalized spacial score (nSPS) is 18.7. The monoisotopic (exact) mass is 277 g/mol. The number of hydrogen-bond donors (Lipinski definition) is 2. The lowest BCUT2D eigenvalue weighted by atomic mass is 10.2. The molecule has 3 rings (SSSR count). The van der Waals surface area contributed by atoms with Gasteiger partial charge in [-0.25, -0.2) is 9.78 Å². The van der Waals surface area contributed by atoms with Gasteiger partial charge in [-0.1, -0.05) is 17.4 Å². The molecule has 1 saturated heterocycles. The molecule has 0 spiro atoms. The van der Waals surface area contributed by atoms with E-state index in [2.05, 4.69) is 21.7 Å². The molecule has 1 unspecified atom stereocenters. The van der Waals surface area contributed by atoms with Gasteiger partial charge in [-0.05, 0) is 37.5 Å². The van der Waals surface area contributed by atoms with Crippen molar-refractivity contribution in [2.75, 3.05) is 11.9 Å². The minimum absolute atomic E-state index is 0.170. The van der Waals surface area contributed by atoms with Gasteiger partial charge in [0.15, 0.2) is 5.13 Å². The molecule has 2 N–H and O–H groups in total. The van der Waals surface area contributed by atoms with Crippen LogP contribution in [-0.4, -0.2) is 23.8 Å². The number of carbonyl (C=O) groups excluding carboxylic acids is 1. The zero-order valence-corrected chi connectivity index (χ0v) is 11.4. The Morgan fingerprint density at radius 3 is 3.21 bits per heavy atom. The number of aromatic nitrogens is 1. The minimum atomic E-state index is -0.261. The van der Waals surface area contributed by atoms with Crippen molar-refractivity contribution in [2.24, 2.45) is 0 Å². The van der Waals surface area contributed by atoms with Gasteiger partial charge >= 0.3 is 6.03 Å². The molecule has 0 radical (unpaired) electrons. The number of thiazole rings is 1. The molecule has 2 amide bonds. The molecule has 1 aliphatic heterocycles. The summed E-state index contributed by atoms with van der Waals surface area (Å²) in [4.78, 5) is 16.2. The van der Waals surface area contributed by atoms with E-state index in [4.69, 9.17) is 4.74 Å². The highest BCUT2D eigenvalue weighted by atomic mass is 32.1. The molecule has 0 aliphatic carbocycles. The number of carbonyl (C=O) groups is 1. The summed E-state index contributed by atoms with van der Waals surface area (Å²) in [7, 11) is 0. The number of anilines is 1. The van der Waals surface area contributed by atoms with Crippen molar-refractivity contribution >= 4 is 32.7 Å². The van der Waals surface area contributed by atoms with E-state index in [1.54, 1.807) is 0 Å². The van der Waals surface area contributed by atoms with E-state index in [-0.39, 0.29) is 12.3 Å². The Labute approximate surface area is 115 Å². The average molecular weight is 277 g/mol. The number of aryl methyl sites for hydroxylation is 1. The fraction of sp³-hybridized carbons (Fsp3) is 0.385. The second-order valence-electron chi connectivity index (χ2n) is 4.59. The predicted molar refractivity (Wildman–Crippen MR) is 75.5 cm³/mol. The molecule has 1 aromatic carbocycles. The van der Waals surface area contributed by atoms with Gasteiger partial charge in [0.1, 0.15) is 6.23 Å². The molecule has 1 fully saturated rings. The lowest BCUT2D eigenvalue weighted by Gasteiger charge is -2.11. The van der Waals surface area contributed by atoms with Gasteiger partial charge in [-0.2, -0.15) is 0 Å². The quantitative estimate of drug-likeness (QED) is 0.887. The Balaban J connectivity index is 1.68. The summed E-state index contributed by atoms with van der Waals surface area (Å²) in [5, 5.41) is 6.14. The first-order chi connectivity index (χ1) is 9.20. The molecular formula is C13H15N3O2S. The van der Waals surface area contributed by atoms with Crippen molar-refractivity contribution in [3.63, 3.8) is 0 Å². The van der Waals surface area contributed by atoms with Crippen LogP contribution >= 0.6 is 11.3 Å². The van der Waals surface area contributed by atoms with Gasteiger partial charge in [0.05, 0.1) is 10.2 Å². The number of amides is 2. The molecular weight excluding hydrogens is 262 g/mol. The van der Waals surface area contributed by atoms with Crippen LogP contribution < -0.4 is 10.6 Å². The average Bonchev–Trinajstić information content (AvgIpc) is 2.97. The van der Waals surface area contributed by atoms with Crippen molar-refractivity contribution < 1.29 is 9.53 Å². The molecule has 100 valence electrons. The Kier molecular flexibility index (Phi) is 3.35. The summed E-state index contributed by atoms with van der Waals surface area (Å²) in [6.45, 7) is 2.75. The fourth-order valence-corrected chi connectivity index (χ4v) is 3.02. The van der Waals surface area contributed by atoms with Crippen molar-refractivity contribution in [2.45, 2.75) is 26.0 Å².